The fraction of sp³-hybridized carbons (Fsp3) is 0.0476. The lowest BCUT2D eigenvalue weighted by Gasteiger charge is -2.23. The van der Waals surface area contributed by atoms with Crippen LogP contribution in [0.4, 0.5) is 5.82 Å². The van der Waals surface area contributed by atoms with Crippen molar-refractivity contribution < 1.29 is 10.2 Å². The maximum absolute atomic E-state index is 10.9. The summed E-state index contributed by atoms with van der Waals surface area (Å²) in [6.07, 6.45) is 3.34. The Bertz CT molecular complexity index is 1100. The van der Waals surface area contributed by atoms with Gasteiger partial charge in [-0.25, -0.2) is 4.98 Å². The molecular formula is C21H16BrN3O2. The summed E-state index contributed by atoms with van der Waals surface area (Å²) in [5.41, 5.74) is 1.93. The molecular weight excluding hydrogens is 406 g/mol. The Hall–Kier alpha value is -3.12. The molecule has 27 heavy (non-hydrogen) atoms. The number of phenolic OH excluding ortho intramolecular Hbond substituents is 2. The van der Waals surface area contributed by atoms with E-state index in [9.17, 15) is 10.2 Å². The molecule has 0 spiro atoms. The van der Waals surface area contributed by atoms with Crippen LogP contribution in [0.5, 0.6) is 11.5 Å². The maximum atomic E-state index is 10.9. The van der Waals surface area contributed by atoms with Gasteiger partial charge in [-0.2, -0.15) is 0 Å². The monoisotopic (exact) mass is 421 g/mol. The fourth-order valence-electron chi connectivity index (χ4n) is 3.05. The molecule has 0 amide bonds. The number of pyridine rings is 2. The van der Waals surface area contributed by atoms with E-state index in [1.165, 1.54) is 0 Å². The summed E-state index contributed by atoms with van der Waals surface area (Å²) < 4.78 is 0.800. The highest BCUT2D eigenvalue weighted by Gasteiger charge is 2.22. The van der Waals surface area contributed by atoms with E-state index < -0.39 is 6.04 Å². The van der Waals surface area contributed by atoms with Crippen LogP contribution < -0.4 is 5.32 Å². The second kappa shape index (κ2) is 7.25. The SMILES string of the molecule is Oc1ccc(Br)c([C@H](Nc2ccccn2)c2ccc3cccnc3c2O)c1. The van der Waals surface area contributed by atoms with Crippen LogP contribution in [-0.2, 0) is 0 Å². The highest BCUT2D eigenvalue weighted by molar-refractivity contribution is 9.10. The molecule has 6 heteroatoms. The molecule has 0 saturated carbocycles. The number of aromatic nitrogens is 2. The molecule has 1 atom stereocenters. The minimum Gasteiger partial charge on any atom is -0.508 e. The van der Waals surface area contributed by atoms with Gasteiger partial charge in [-0.15, -0.1) is 0 Å². The van der Waals surface area contributed by atoms with Crippen molar-refractivity contribution in [2.45, 2.75) is 6.04 Å². The lowest BCUT2D eigenvalue weighted by Crippen LogP contribution is -2.14. The highest BCUT2D eigenvalue weighted by atomic mass is 79.9. The molecule has 2 aromatic carbocycles. The normalized spacial score (nSPS) is 12.0. The first-order valence-corrected chi connectivity index (χ1v) is 9.15. The molecule has 3 N–H and O–H groups in total. The average molecular weight is 422 g/mol. The van der Waals surface area contributed by atoms with Crippen LogP contribution in [0.2, 0.25) is 0 Å². The number of aromatic hydroxyl groups is 2. The third-order valence-electron chi connectivity index (χ3n) is 4.34. The van der Waals surface area contributed by atoms with Crippen LogP contribution in [0.25, 0.3) is 10.9 Å². The van der Waals surface area contributed by atoms with Crippen LogP contribution in [-0.4, -0.2) is 20.2 Å². The zero-order valence-electron chi connectivity index (χ0n) is 14.2. The number of hydrogen-bond donors (Lipinski definition) is 3. The lowest BCUT2D eigenvalue weighted by molar-refractivity contribution is 0.468. The minimum atomic E-state index is -0.451. The van der Waals surface area contributed by atoms with Crippen LogP contribution in [0.1, 0.15) is 17.2 Å². The van der Waals surface area contributed by atoms with Crippen molar-refractivity contribution in [3.8, 4) is 11.5 Å². The molecule has 0 aliphatic rings. The minimum absolute atomic E-state index is 0.0942. The maximum Gasteiger partial charge on any atom is 0.147 e. The van der Waals surface area contributed by atoms with Crippen LogP contribution in [0, 0.1) is 0 Å². The van der Waals surface area contributed by atoms with E-state index >= 15 is 0 Å². The van der Waals surface area contributed by atoms with E-state index in [1.54, 1.807) is 30.6 Å². The quantitative estimate of drug-likeness (QED) is 0.431. The van der Waals surface area contributed by atoms with Crippen molar-refractivity contribution in [2.24, 2.45) is 0 Å². The second-order valence-electron chi connectivity index (χ2n) is 6.08. The van der Waals surface area contributed by atoms with Crippen molar-refractivity contribution in [2.75, 3.05) is 5.32 Å². The average Bonchev–Trinajstić information content (AvgIpc) is 2.70. The Labute approximate surface area is 164 Å². The van der Waals surface area contributed by atoms with Crippen LogP contribution >= 0.6 is 15.9 Å². The Morgan fingerprint density at radius 2 is 1.70 bits per heavy atom. The van der Waals surface area contributed by atoms with E-state index in [4.69, 9.17) is 0 Å². The summed E-state index contributed by atoms with van der Waals surface area (Å²) in [6.45, 7) is 0. The molecule has 4 rings (SSSR count). The second-order valence-corrected chi connectivity index (χ2v) is 6.93. The largest absolute Gasteiger partial charge is 0.508 e. The number of anilines is 1. The molecule has 134 valence electrons. The zero-order valence-corrected chi connectivity index (χ0v) is 15.8. The van der Waals surface area contributed by atoms with Crippen molar-refractivity contribution in [3.63, 3.8) is 0 Å². The summed E-state index contributed by atoms with van der Waals surface area (Å²) in [5, 5.41) is 25.1. The number of halogens is 1. The number of hydrogen-bond acceptors (Lipinski definition) is 5. The van der Waals surface area contributed by atoms with Crippen LogP contribution in [0.3, 0.4) is 0 Å². The number of rotatable bonds is 4. The van der Waals surface area contributed by atoms with Crippen LogP contribution in [0.15, 0.2) is 77.5 Å². The molecule has 0 aliphatic carbocycles. The molecule has 0 aliphatic heterocycles. The predicted molar refractivity (Wildman–Crippen MR) is 109 cm³/mol. The van der Waals surface area contributed by atoms with Crippen molar-refractivity contribution >= 4 is 32.7 Å². The summed E-state index contributed by atoms with van der Waals surface area (Å²) >= 11 is 3.55. The number of nitrogens with zero attached hydrogens (tertiary/aromatic N) is 2. The number of fused-ring (bicyclic) bond motifs is 1. The van der Waals surface area contributed by atoms with Gasteiger partial charge in [-0.05, 0) is 42.0 Å². The van der Waals surface area contributed by atoms with Gasteiger partial charge in [0.15, 0.2) is 0 Å². The Morgan fingerprint density at radius 1 is 0.852 bits per heavy atom. The van der Waals surface area contributed by atoms with E-state index in [0.717, 1.165) is 15.4 Å². The number of phenols is 2. The molecule has 0 saturated heterocycles. The molecule has 4 aromatic rings. The third kappa shape index (κ3) is 3.44. The Morgan fingerprint density at radius 3 is 2.52 bits per heavy atom. The van der Waals surface area contributed by atoms with E-state index in [1.807, 2.05) is 42.5 Å². The van der Waals surface area contributed by atoms with Gasteiger partial charge in [0, 0.05) is 27.8 Å². The third-order valence-corrected chi connectivity index (χ3v) is 5.06. The molecule has 2 aromatic heterocycles. The van der Waals surface area contributed by atoms with E-state index in [2.05, 4.69) is 31.2 Å². The standard InChI is InChI=1S/C21H16BrN3O2/c22-17-9-7-14(26)12-16(17)20(25-18-5-1-2-10-23-18)15-8-6-13-4-3-11-24-19(13)21(15)27/h1-12,20,26-27H,(H,23,25)/t20-/m1/s1. The molecule has 0 unspecified atom stereocenters. The number of benzene rings is 2. The van der Waals surface area contributed by atoms with Gasteiger partial charge in [0.1, 0.15) is 22.8 Å². The van der Waals surface area contributed by atoms with Gasteiger partial charge in [-0.1, -0.05) is 40.2 Å². The Balaban J connectivity index is 1.90. The smallest absolute Gasteiger partial charge is 0.147 e. The fourth-order valence-corrected chi connectivity index (χ4v) is 3.53. The van der Waals surface area contributed by atoms with Gasteiger partial charge in [0.2, 0.25) is 0 Å². The molecule has 2 heterocycles. The van der Waals surface area contributed by atoms with Gasteiger partial charge < -0.3 is 15.5 Å². The first kappa shape index (κ1) is 17.3. The van der Waals surface area contributed by atoms with Gasteiger partial charge in [0.25, 0.3) is 0 Å². The zero-order chi connectivity index (χ0) is 18.8. The molecule has 0 radical (unpaired) electrons. The topological polar surface area (TPSA) is 78.3 Å². The van der Waals surface area contributed by atoms with Crippen molar-refractivity contribution in [3.05, 3.63) is 88.7 Å². The molecule has 0 bridgehead atoms. The lowest BCUT2D eigenvalue weighted by atomic mass is 9.96. The predicted octanol–water partition coefficient (Wildman–Crippen LogP) is 5.01. The van der Waals surface area contributed by atoms with Gasteiger partial charge in [0.05, 0.1) is 6.04 Å². The highest BCUT2D eigenvalue weighted by Crippen LogP contribution is 2.39. The van der Waals surface area contributed by atoms with E-state index in [-0.39, 0.29) is 11.5 Å². The summed E-state index contributed by atoms with van der Waals surface area (Å²) in [4.78, 5) is 8.64. The van der Waals surface area contributed by atoms with Gasteiger partial charge >= 0.3 is 0 Å². The van der Waals surface area contributed by atoms with E-state index in [0.29, 0.717) is 16.9 Å². The van der Waals surface area contributed by atoms with Crippen molar-refractivity contribution in [1.29, 1.82) is 0 Å². The summed E-state index contributed by atoms with van der Waals surface area (Å²) in [5.74, 6) is 0.884. The number of nitrogens with one attached hydrogen (secondary N) is 1. The Kier molecular flexibility index (Phi) is 4.64. The first-order chi connectivity index (χ1) is 13.1. The molecule has 0 fully saturated rings. The van der Waals surface area contributed by atoms with Crippen molar-refractivity contribution in [1.82, 2.24) is 9.97 Å². The molecule has 5 nitrogen and oxygen atoms in total. The summed E-state index contributed by atoms with van der Waals surface area (Å²) in [6, 6.07) is 17.7. The summed E-state index contributed by atoms with van der Waals surface area (Å²) in [7, 11) is 0. The van der Waals surface area contributed by atoms with Gasteiger partial charge in [-0.3, -0.25) is 4.98 Å². The first-order valence-electron chi connectivity index (χ1n) is 8.36.